The number of carbonyl (C=O) groups excluding carboxylic acids is 1. The number of benzene rings is 1. The summed E-state index contributed by atoms with van der Waals surface area (Å²) in [7, 11) is 0. The van der Waals surface area contributed by atoms with Crippen molar-refractivity contribution in [2.24, 2.45) is 0 Å². The first-order chi connectivity index (χ1) is 8.01. The number of hydrogen-bond acceptors (Lipinski definition) is 2. The van der Waals surface area contributed by atoms with Gasteiger partial charge in [0.15, 0.2) is 0 Å². The quantitative estimate of drug-likeness (QED) is 0.347. The molecule has 0 aliphatic heterocycles. The van der Waals surface area contributed by atoms with E-state index in [2.05, 4.69) is 4.79 Å². The minimum Gasteiger partial charge on any atom is -0.457 e. The molecule has 0 heterocycles. The van der Waals surface area contributed by atoms with E-state index in [-0.39, 0.29) is 12.3 Å². The molecular weight excluding hydrogens is 216 g/mol. The van der Waals surface area contributed by atoms with Crippen LogP contribution in [-0.4, -0.2) is 23.1 Å². The van der Waals surface area contributed by atoms with E-state index in [4.69, 9.17) is 10.3 Å². The van der Waals surface area contributed by atoms with Gasteiger partial charge < -0.3 is 10.3 Å². The molecule has 17 heavy (non-hydrogen) atoms. The van der Waals surface area contributed by atoms with Gasteiger partial charge in [-0.1, -0.05) is 17.7 Å². The molecule has 0 spiro atoms. The van der Waals surface area contributed by atoms with Crippen LogP contribution in [-0.2, 0) is 9.53 Å². The van der Waals surface area contributed by atoms with Gasteiger partial charge >= 0.3 is 11.7 Å². The molecule has 0 amide bonds. The van der Waals surface area contributed by atoms with E-state index in [1.165, 1.54) is 0 Å². The number of rotatable bonds is 3. The standard InChI is InChI=1S/C13H16N2O2/c1-5-17-13(16)12(15-14)11-9(3)6-8(2)7-10(11)4/h6-7H,5H2,1-4H3. The fourth-order valence-corrected chi connectivity index (χ4v) is 1.95. The molecule has 0 bridgehead atoms. The monoisotopic (exact) mass is 232 g/mol. The van der Waals surface area contributed by atoms with Gasteiger partial charge in [-0.05, 0) is 38.8 Å². The number of nitrogens with zero attached hydrogens (tertiary/aromatic N) is 2. The average Bonchev–Trinajstić information content (AvgIpc) is 2.23. The van der Waals surface area contributed by atoms with Crippen molar-refractivity contribution in [3.8, 4) is 0 Å². The molecule has 0 radical (unpaired) electrons. The molecule has 90 valence electrons. The minimum absolute atomic E-state index is 0.0400. The molecule has 0 aromatic heterocycles. The predicted molar refractivity (Wildman–Crippen MR) is 65.0 cm³/mol. The second-order valence-electron chi connectivity index (χ2n) is 3.94. The Hall–Kier alpha value is -1.93. The third kappa shape index (κ3) is 2.80. The van der Waals surface area contributed by atoms with Gasteiger partial charge in [0.05, 0.1) is 12.2 Å². The lowest BCUT2D eigenvalue weighted by atomic mass is 9.96. The zero-order valence-corrected chi connectivity index (χ0v) is 10.6. The van der Waals surface area contributed by atoms with Crippen LogP contribution in [0, 0.1) is 20.8 Å². The second-order valence-corrected chi connectivity index (χ2v) is 3.94. The number of esters is 1. The summed E-state index contributed by atoms with van der Waals surface area (Å²) in [5.41, 5.74) is 12.5. The summed E-state index contributed by atoms with van der Waals surface area (Å²) >= 11 is 0. The van der Waals surface area contributed by atoms with Gasteiger partial charge in [0.1, 0.15) is 0 Å². The van der Waals surface area contributed by atoms with Crippen molar-refractivity contribution < 1.29 is 14.3 Å². The van der Waals surface area contributed by atoms with Crippen molar-refractivity contribution in [3.05, 3.63) is 39.9 Å². The van der Waals surface area contributed by atoms with Crippen LogP contribution in [0.4, 0.5) is 0 Å². The average molecular weight is 232 g/mol. The van der Waals surface area contributed by atoms with Crippen molar-refractivity contribution >= 4 is 11.7 Å². The van der Waals surface area contributed by atoms with Crippen LogP contribution < -0.4 is 0 Å². The highest BCUT2D eigenvalue weighted by molar-refractivity contribution is 6.41. The Morgan fingerprint density at radius 3 is 2.24 bits per heavy atom. The second kappa shape index (κ2) is 5.41. The van der Waals surface area contributed by atoms with Crippen molar-refractivity contribution in [1.29, 1.82) is 0 Å². The van der Waals surface area contributed by atoms with Crippen LogP contribution in [0.2, 0.25) is 0 Å². The molecule has 0 aliphatic carbocycles. The maximum absolute atomic E-state index is 11.7. The van der Waals surface area contributed by atoms with Crippen molar-refractivity contribution in [1.82, 2.24) is 0 Å². The maximum atomic E-state index is 11.7. The lowest BCUT2D eigenvalue weighted by molar-refractivity contribution is -0.139. The minimum atomic E-state index is -0.606. The lowest BCUT2D eigenvalue weighted by Gasteiger charge is -2.07. The van der Waals surface area contributed by atoms with Gasteiger partial charge in [-0.3, -0.25) is 0 Å². The summed E-state index contributed by atoms with van der Waals surface area (Å²) in [4.78, 5) is 14.7. The van der Waals surface area contributed by atoms with E-state index < -0.39 is 5.97 Å². The maximum Gasteiger partial charge on any atom is 0.422 e. The molecule has 0 saturated heterocycles. The molecule has 1 rings (SSSR count). The lowest BCUT2D eigenvalue weighted by Crippen LogP contribution is -2.22. The molecule has 4 nitrogen and oxygen atoms in total. The Morgan fingerprint density at radius 2 is 1.82 bits per heavy atom. The first-order valence-corrected chi connectivity index (χ1v) is 5.48. The summed E-state index contributed by atoms with van der Waals surface area (Å²) in [5.74, 6) is -0.606. The van der Waals surface area contributed by atoms with Crippen LogP contribution in [0.3, 0.4) is 0 Å². The molecule has 0 fully saturated rings. The first kappa shape index (κ1) is 13.1. The third-order valence-electron chi connectivity index (χ3n) is 2.48. The van der Waals surface area contributed by atoms with E-state index in [9.17, 15) is 4.79 Å². The van der Waals surface area contributed by atoms with E-state index in [1.807, 2.05) is 32.9 Å². The van der Waals surface area contributed by atoms with Crippen LogP contribution >= 0.6 is 0 Å². The molecule has 1 aromatic rings. The first-order valence-electron chi connectivity index (χ1n) is 5.48. The highest BCUT2D eigenvalue weighted by atomic mass is 16.5. The normalized spacial score (nSPS) is 9.65. The highest BCUT2D eigenvalue weighted by Gasteiger charge is 2.27. The summed E-state index contributed by atoms with van der Waals surface area (Å²) in [6.45, 7) is 7.69. The van der Waals surface area contributed by atoms with Gasteiger partial charge in [0.25, 0.3) is 0 Å². The zero-order valence-electron chi connectivity index (χ0n) is 10.6. The topological polar surface area (TPSA) is 62.7 Å². The van der Waals surface area contributed by atoms with Gasteiger partial charge in [0.2, 0.25) is 0 Å². The van der Waals surface area contributed by atoms with Crippen molar-refractivity contribution in [2.75, 3.05) is 6.61 Å². The third-order valence-corrected chi connectivity index (χ3v) is 2.48. The summed E-state index contributed by atoms with van der Waals surface area (Å²) in [6.07, 6.45) is 0. The molecule has 1 aromatic carbocycles. The van der Waals surface area contributed by atoms with E-state index in [0.29, 0.717) is 5.56 Å². The number of carbonyl (C=O) groups is 1. The summed E-state index contributed by atoms with van der Waals surface area (Å²) < 4.78 is 4.86. The number of aryl methyl sites for hydroxylation is 3. The molecule has 0 N–H and O–H groups in total. The van der Waals surface area contributed by atoms with E-state index in [1.54, 1.807) is 6.92 Å². The van der Waals surface area contributed by atoms with Crippen LogP contribution in [0.15, 0.2) is 12.1 Å². The zero-order chi connectivity index (χ0) is 13.0. The SMILES string of the molecule is CCOC(=O)C(=[N+]=[N-])c1c(C)cc(C)cc1C. The van der Waals surface area contributed by atoms with E-state index in [0.717, 1.165) is 16.7 Å². The van der Waals surface area contributed by atoms with Gasteiger partial charge in [-0.2, -0.15) is 4.79 Å². The Balaban J connectivity index is 3.32. The smallest absolute Gasteiger partial charge is 0.422 e. The number of ether oxygens (including phenoxy) is 1. The van der Waals surface area contributed by atoms with Crippen LogP contribution in [0.5, 0.6) is 0 Å². The molecule has 0 unspecified atom stereocenters. The van der Waals surface area contributed by atoms with Gasteiger partial charge in [-0.15, -0.1) is 0 Å². The largest absolute Gasteiger partial charge is 0.457 e. The summed E-state index contributed by atoms with van der Waals surface area (Å²) in [5, 5.41) is 0. The molecule has 0 atom stereocenters. The Kier molecular flexibility index (Phi) is 4.18. The van der Waals surface area contributed by atoms with Crippen LogP contribution in [0.1, 0.15) is 29.2 Å². The fourth-order valence-electron chi connectivity index (χ4n) is 1.95. The van der Waals surface area contributed by atoms with Gasteiger partial charge in [0, 0.05) is 0 Å². The van der Waals surface area contributed by atoms with E-state index >= 15 is 0 Å². The van der Waals surface area contributed by atoms with Crippen molar-refractivity contribution in [2.45, 2.75) is 27.7 Å². The summed E-state index contributed by atoms with van der Waals surface area (Å²) in [6, 6.07) is 3.87. The van der Waals surface area contributed by atoms with Crippen molar-refractivity contribution in [3.63, 3.8) is 0 Å². The Bertz CT molecular complexity index is 477. The molecule has 4 heteroatoms. The fraction of sp³-hybridized carbons (Fsp3) is 0.385. The van der Waals surface area contributed by atoms with Crippen LogP contribution in [0.25, 0.3) is 5.53 Å². The highest BCUT2D eigenvalue weighted by Crippen LogP contribution is 2.17. The van der Waals surface area contributed by atoms with Gasteiger partial charge in [-0.25, -0.2) is 4.79 Å². The number of hydrogen-bond donors (Lipinski definition) is 0. The Labute approximate surface area is 101 Å². The Morgan fingerprint density at radius 1 is 1.29 bits per heavy atom. The molecular formula is C13H16N2O2. The molecule has 0 aliphatic rings. The molecule has 0 saturated carbocycles. The predicted octanol–water partition coefficient (Wildman–Crippen LogP) is 2.19.